The van der Waals surface area contributed by atoms with E-state index in [1.165, 1.54) is 35.2 Å². The molecule has 2 aliphatic rings. The molecule has 1 atom stereocenters. The first-order valence-corrected chi connectivity index (χ1v) is 18.5. The average molecular weight is 751 g/mol. The number of nitrogens with one attached hydrogen (secondary N) is 1. The van der Waals surface area contributed by atoms with Crippen LogP contribution in [-0.2, 0) is 32.6 Å². The number of ether oxygens (including phenoxy) is 2. The Morgan fingerprint density at radius 1 is 0.857 bits per heavy atom. The van der Waals surface area contributed by atoms with E-state index >= 15 is 0 Å². The normalized spacial score (nSPS) is 15.0. The number of amides is 2. The minimum absolute atomic E-state index is 0.0000981. The lowest BCUT2D eigenvalue weighted by Crippen LogP contribution is -2.54. The number of hydrogen-bond donors (Lipinski definition) is 1. The number of halogens is 2. The number of sulfonamides is 1. The molecule has 6 rings (SSSR count). The van der Waals surface area contributed by atoms with Crippen molar-refractivity contribution in [1.29, 1.82) is 0 Å². The van der Waals surface area contributed by atoms with Gasteiger partial charge in [0.15, 0.2) is 11.5 Å². The summed E-state index contributed by atoms with van der Waals surface area (Å²) in [5, 5.41) is 3.17. The number of nitrogens with zero attached hydrogens (tertiary/aromatic N) is 2. The Kier molecular flexibility index (Phi) is 10.8. The van der Waals surface area contributed by atoms with Crippen LogP contribution in [0.5, 0.6) is 11.5 Å². The SMILES string of the molecule is O=C(NC1CCCC1)[C@@H](Cc1ccccc1)N(Cc1cccc(Br)c1)C(=O)CN(c1ccc(F)cc1)S(=O)(=O)c1ccc2c(c1)OCCO2. The first-order valence-electron chi connectivity index (χ1n) is 16.2. The maximum Gasteiger partial charge on any atom is 0.264 e. The van der Waals surface area contributed by atoms with Gasteiger partial charge in [-0.3, -0.25) is 13.9 Å². The van der Waals surface area contributed by atoms with E-state index < -0.39 is 34.3 Å². The summed E-state index contributed by atoms with van der Waals surface area (Å²) in [7, 11) is -4.41. The number of benzene rings is 4. The molecule has 12 heteroatoms. The molecule has 0 unspecified atom stereocenters. The predicted octanol–water partition coefficient (Wildman–Crippen LogP) is 6.25. The van der Waals surface area contributed by atoms with Gasteiger partial charge in [0, 0.05) is 29.5 Å². The summed E-state index contributed by atoms with van der Waals surface area (Å²) in [4.78, 5) is 30.1. The van der Waals surface area contributed by atoms with E-state index in [0.29, 0.717) is 12.4 Å². The number of anilines is 1. The predicted molar refractivity (Wildman–Crippen MR) is 187 cm³/mol. The first kappa shape index (κ1) is 34.4. The molecule has 1 aliphatic carbocycles. The van der Waals surface area contributed by atoms with Crippen LogP contribution in [0.15, 0.2) is 106 Å². The summed E-state index contributed by atoms with van der Waals surface area (Å²) >= 11 is 3.50. The second-order valence-corrected chi connectivity index (χ2v) is 14.9. The third-order valence-electron chi connectivity index (χ3n) is 8.71. The fourth-order valence-electron chi connectivity index (χ4n) is 6.20. The van der Waals surface area contributed by atoms with E-state index in [2.05, 4.69) is 21.2 Å². The molecule has 9 nitrogen and oxygen atoms in total. The minimum atomic E-state index is -4.41. The highest BCUT2D eigenvalue weighted by Gasteiger charge is 2.36. The summed E-state index contributed by atoms with van der Waals surface area (Å²) in [5.74, 6) is -0.795. The third-order valence-corrected chi connectivity index (χ3v) is 11.0. The number of rotatable bonds is 12. The van der Waals surface area contributed by atoms with E-state index in [1.54, 1.807) is 0 Å². The first-order chi connectivity index (χ1) is 23.7. The van der Waals surface area contributed by atoms with Crippen molar-refractivity contribution in [1.82, 2.24) is 10.2 Å². The molecule has 0 radical (unpaired) electrons. The van der Waals surface area contributed by atoms with Gasteiger partial charge in [-0.15, -0.1) is 0 Å². The van der Waals surface area contributed by atoms with E-state index in [1.807, 2.05) is 54.6 Å². The molecule has 1 saturated carbocycles. The van der Waals surface area contributed by atoms with Crippen molar-refractivity contribution >= 4 is 43.5 Å². The number of fused-ring (bicyclic) bond motifs is 1. The molecule has 0 bridgehead atoms. The Morgan fingerprint density at radius 3 is 2.27 bits per heavy atom. The van der Waals surface area contributed by atoms with E-state index in [9.17, 15) is 22.4 Å². The van der Waals surface area contributed by atoms with Gasteiger partial charge in [0.05, 0.1) is 10.6 Å². The van der Waals surface area contributed by atoms with Gasteiger partial charge >= 0.3 is 0 Å². The number of carbonyl (C=O) groups is 2. The van der Waals surface area contributed by atoms with Crippen molar-refractivity contribution < 1.29 is 31.9 Å². The van der Waals surface area contributed by atoms with Crippen LogP contribution >= 0.6 is 15.9 Å². The summed E-state index contributed by atoms with van der Waals surface area (Å²) in [5.41, 5.74) is 1.68. The summed E-state index contributed by atoms with van der Waals surface area (Å²) in [6.45, 7) is -0.0257. The molecule has 4 aromatic rings. The van der Waals surface area contributed by atoms with Crippen molar-refractivity contribution in [3.05, 3.63) is 118 Å². The Morgan fingerprint density at radius 2 is 1.55 bits per heavy atom. The third kappa shape index (κ3) is 8.42. The quantitative estimate of drug-likeness (QED) is 0.184. The minimum Gasteiger partial charge on any atom is -0.486 e. The van der Waals surface area contributed by atoms with Gasteiger partial charge in [-0.25, -0.2) is 12.8 Å². The van der Waals surface area contributed by atoms with Crippen LogP contribution < -0.4 is 19.1 Å². The van der Waals surface area contributed by atoms with Gasteiger partial charge in [-0.05, 0) is 72.5 Å². The van der Waals surface area contributed by atoms with E-state index in [0.717, 1.165) is 57.7 Å². The van der Waals surface area contributed by atoms with Gasteiger partial charge in [0.25, 0.3) is 10.0 Å². The molecule has 0 saturated heterocycles. The summed E-state index contributed by atoms with van der Waals surface area (Å²) < 4.78 is 55.8. The molecule has 1 heterocycles. The Balaban J connectivity index is 1.40. The second kappa shape index (κ2) is 15.4. The van der Waals surface area contributed by atoms with Crippen LogP contribution in [0.25, 0.3) is 0 Å². The average Bonchev–Trinajstić information content (AvgIpc) is 3.62. The maximum absolute atomic E-state index is 14.7. The van der Waals surface area contributed by atoms with Crippen LogP contribution in [0.2, 0.25) is 0 Å². The van der Waals surface area contributed by atoms with Gasteiger partial charge in [0.2, 0.25) is 11.8 Å². The van der Waals surface area contributed by atoms with Crippen molar-refractivity contribution in [3.63, 3.8) is 0 Å². The molecule has 1 fully saturated rings. The molecular weight excluding hydrogens is 713 g/mol. The Hall–Kier alpha value is -4.42. The lowest BCUT2D eigenvalue weighted by molar-refractivity contribution is -0.140. The molecule has 1 aliphatic heterocycles. The van der Waals surface area contributed by atoms with Crippen LogP contribution in [0.3, 0.4) is 0 Å². The Labute approximate surface area is 294 Å². The highest BCUT2D eigenvalue weighted by atomic mass is 79.9. The molecule has 256 valence electrons. The number of carbonyl (C=O) groups excluding carboxylic acids is 2. The largest absolute Gasteiger partial charge is 0.486 e. The van der Waals surface area contributed by atoms with Gasteiger partial charge in [-0.1, -0.05) is 71.2 Å². The van der Waals surface area contributed by atoms with Crippen molar-refractivity contribution in [2.45, 2.75) is 55.6 Å². The molecule has 4 aromatic carbocycles. The topological polar surface area (TPSA) is 105 Å². The van der Waals surface area contributed by atoms with Crippen LogP contribution in [0.1, 0.15) is 36.8 Å². The highest BCUT2D eigenvalue weighted by Crippen LogP contribution is 2.34. The lowest BCUT2D eigenvalue weighted by atomic mass is 10.0. The standard InChI is InChI=1S/C37H37BrFN3O6S/c38-28-10-6-9-27(21-28)24-41(33(22-26-7-2-1-3-8-26)37(44)40-30-11-4-5-12-30)36(43)25-42(31-15-13-29(39)14-16-31)49(45,46)32-17-18-34-35(23-32)48-20-19-47-34/h1-3,6-10,13-18,21,23,30,33H,4-5,11-12,19-20,22,24-25H2,(H,40,44)/t33-/m1/s1. The molecule has 2 amide bonds. The van der Waals surface area contributed by atoms with Crippen molar-refractivity contribution in [3.8, 4) is 11.5 Å². The highest BCUT2D eigenvalue weighted by molar-refractivity contribution is 9.10. The van der Waals surface area contributed by atoms with Crippen LogP contribution in [-0.4, -0.2) is 57.0 Å². The molecule has 49 heavy (non-hydrogen) atoms. The Bertz CT molecular complexity index is 1890. The van der Waals surface area contributed by atoms with Gasteiger partial charge < -0.3 is 19.7 Å². The molecular formula is C37H37BrFN3O6S. The van der Waals surface area contributed by atoms with E-state index in [4.69, 9.17) is 9.47 Å². The fraction of sp³-hybridized carbons (Fsp3) is 0.297. The molecule has 0 spiro atoms. The summed E-state index contributed by atoms with van der Waals surface area (Å²) in [6, 6.07) is 25.0. The monoisotopic (exact) mass is 749 g/mol. The van der Waals surface area contributed by atoms with Crippen molar-refractivity contribution in [2.24, 2.45) is 0 Å². The zero-order valence-corrected chi connectivity index (χ0v) is 29.2. The summed E-state index contributed by atoms with van der Waals surface area (Å²) in [6.07, 6.45) is 3.95. The second-order valence-electron chi connectivity index (χ2n) is 12.1. The maximum atomic E-state index is 14.7. The van der Waals surface area contributed by atoms with Crippen molar-refractivity contribution in [2.75, 3.05) is 24.1 Å². The number of hydrogen-bond acceptors (Lipinski definition) is 6. The van der Waals surface area contributed by atoms with Gasteiger partial charge in [-0.2, -0.15) is 0 Å². The lowest BCUT2D eigenvalue weighted by Gasteiger charge is -2.34. The molecule has 0 aromatic heterocycles. The van der Waals surface area contributed by atoms with E-state index in [-0.39, 0.29) is 47.9 Å². The van der Waals surface area contributed by atoms with Crippen LogP contribution in [0.4, 0.5) is 10.1 Å². The smallest absolute Gasteiger partial charge is 0.264 e. The zero-order valence-electron chi connectivity index (χ0n) is 26.8. The van der Waals surface area contributed by atoms with Crippen LogP contribution in [0, 0.1) is 5.82 Å². The molecule has 1 N–H and O–H groups in total. The van der Waals surface area contributed by atoms with Gasteiger partial charge in [0.1, 0.15) is 31.6 Å². The fourth-order valence-corrected chi connectivity index (χ4v) is 8.08. The zero-order chi connectivity index (χ0) is 34.4.